The number of para-hydroxylation sites is 1. The molecule has 0 atom stereocenters. The summed E-state index contributed by atoms with van der Waals surface area (Å²) in [7, 11) is 0. The molecule has 0 saturated heterocycles. The molecule has 0 amide bonds. The molecule has 0 unspecified atom stereocenters. The average molecular weight is 394 g/mol. The van der Waals surface area contributed by atoms with Gasteiger partial charge in [0.1, 0.15) is 10.9 Å². The Morgan fingerprint density at radius 1 is 1.04 bits per heavy atom. The topological polar surface area (TPSA) is 56.3 Å². The van der Waals surface area contributed by atoms with E-state index in [1.54, 1.807) is 36.4 Å². The zero-order valence-electron chi connectivity index (χ0n) is 13.9. The largest absolute Gasteiger partial charge is 0.422 e. The van der Waals surface area contributed by atoms with Crippen molar-refractivity contribution in [1.29, 1.82) is 0 Å². The number of ketones is 1. The van der Waals surface area contributed by atoms with Gasteiger partial charge in [-0.1, -0.05) is 53.7 Å². The second-order valence-corrected chi connectivity index (χ2v) is 7.15. The van der Waals surface area contributed by atoms with E-state index in [-0.39, 0.29) is 16.5 Å². The third-order valence-corrected chi connectivity index (χ3v) is 5.36. The molecule has 1 aliphatic heterocycles. The maximum absolute atomic E-state index is 12.6. The van der Waals surface area contributed by atoms with Gasteiger partial charge in [0, 0.05) is 22.2 Å². The van der Waals surface area contributed by atoms with E-state index in [2.05, 4.69) is 4.98 Å². The molecule has 6 heteroatoms. The fourth-order valence-corrected chi connectivity index (χ4v) is 3.90. The van der Waals surface area contributed by atoms with Crippen LogP contribution >= 0.6 is 23.4 Å². The normalized spacial score (nSPS) is 14.3. The fourth-order valence-electron chi connectivity index (χ4n) is 2.66. The van der Waals surface area contributed by atoms with Crippen molar-refractivity contribution in [3.63, 3.8) is 0 Å². The maximum Gasteiger partial charge on any atom is 0.346 e. The third kappa shape index (κ3) is 3.52. The average Bonchev–Trinajstić information content (AvgIpc) is 2.99. The Morgan fingerprint density at radius 3 is 2.63 bits per heavy atom. The van der Waals surface area contributed by atoms with E-state index in [1.807, 2.05) is 30.3 Å². The van der Waals surface area contributed by atoms with Crippen molar-refractivity contribution in [3.8, 4) is 5.75 Å². The Balaban J connectivity index is 1.64. The van der Waals surface area contributed by atoms with Gasteiger partial charge in [-0.3, -0.25) is 4.79 Å². The molecule has 1 aromatic heterocycles. The third-order valence-electron chi connectivity index (χ3n) is 3.96. The molecule has 0 radical (unpaired) electrons. The highest BCUT2D eigenvalue weighted by Crippen LogP contribution is 2.41. The summed E-state index contributed by atoms with van der Waals surface area (Å²) in [5.41, 5.74) is 1.50. The molecule has 2 heterocycles. The van der Waals surface area contributed by atoms with Crippen LogP contribution in [0.2, 0.25) is 5.15 Å². The molecule has 0 N–H and O–H groups in total. The maximum atomic E-state index is 12.6. The highest BCUT2D eigenvalue weighted by molar-refractivity contribution is 8.04. The smallest absolute Gasteiger partial charge is 0.346 e. The van der Waals surface area contributed by atoms with Crippen LogP contribution in [-0.2, 0) is 0 Å². The second kappa shape index (κ2) is 7.39. The zero-order valence-corrected chi connectivity index (χ0v) is 15.5. The van der Waals surface area contributed by atoms with Crippen LogP contribution in [0, 0.1) is 0 Å². The number of pyridine rings is 1. The number of halogens is 1. The van der Waals surface area contributed by atoms with Crippen molar-refractivity contribution in [1.82, 2.24) is 4.98 Å². The Hall–Kier alpha value is -2.89. The molecule has 2 aromatic carbocycles. The Kier molecular flexibility index (Phi) is 4.79. The van der Waals surface area contributed by atoms with Crippen molar-refractivity contribution in [2.24, 2.45) is 0 Å². The van der Waals surface area contributed by atoms with Crippen LogP contribution in [0.25, 0.3) is 6.08 Å². The van der Waals surface area contributed by atoms with Crippen LogP contribution in [0.5, 0.6) is 5.75 Å². The number of hydrogen-bond donors (Lipinski definition) is 0. The Labute approximate surface area is 164 Å². The van der Waals surface area contributed by atoms with E-state index in [1.165, 1.54) is 18.0 Å². The molecule has 4 nitrogen and oxygen atoms in total. The number of esters is 1. The number of thioether (sulfide) groups is 1. The van der Waals surface area contributed by atoms with Crippen molar-refractivity contribution in [2.75, 3.05) is 0 Å². The first-order valence-electron chi connectivity index (χ1n) is 8.08. The van der Waals surface area contributed by atoms with Gasteiger partial charge in [-0.05, 0) is 36.4 Å². The van der Waals surface area contributed by atoms with Gasteiger partial charge >= 0.3 is 5.97 Å². The first-order valence-corrected chi connectivity index (χ1v) is 9.28. The van der Waals surface area contributed by atoms with Crippen molar-refractivity contribution in [3.05, 3.63) is 93.6 Å². The number of carbonyl (C=O) groups is 2. The molecule has 3 aromatic rings. The van der Waals surface area contributed by atoms with Gasteiger partial charge in [0.05, 0.1) is 10.5 Å². The predicted octanol–water partition coefficient (Wildman–Crippen LogP) is 5.28. The van der Waals surface area contributed by atoms with Gasteiger partial charge in [0.2, 0.25) is 5.78 Å². The molecule has 0 bridgehead atoms. The molecule has 27 heavy (non-hydrogen) atoms. The number of aromatic nitrogens is 1. The quantitative estimate of drug-likeness (QED) is 0.262. The highest BCUT2D eigenvalue weighted by atomic mass is 35.5. The lowest BCUT2D eigenvalue weighted by Gasteiger charge is -2.08. The number of carbonyl (C=O) groups excluding carboxylic acids is 2. The summed E-state index contributed by atoms with van der Waals surface area (Å²) in [5, 5.41) is 0.0790. The minimum absolute atomic E-state index is 0.0352. The number of ether oxygens (including phenoxy) is 1. The van der Waals surface area contributed by atoms with Gasteiger partial charge in [-0.15, -0.1) is 0 Å². The van der Waals surface area contributed by atoms with E-state index in [0.717, 1.165) is 4.90 Å². The SMILES string of the molecule is O=C1/C(=C\c2ccccc2OC(=O)c2cccnc2Cl)Sc2ccccc21. The molecular weight excluding hydrogens is 382 g/mol. The summed E-state index contributed by atoms with van der Waals surface area (Å²) >= 11 is 7.37. The molecule has 0 aliphatic carbocycles. The lowest BCUT2D eigenvalue weighted by atomic mass is 10.1. The summed E-state index contributed by atoms with van der Waals surface area (Å²) < 4.78 is 5.51. The monoisotopic (exact) mass is 393 g/mol. The van der Waals surface area contributed by atoms with Crippen LogP contribution in [0.15, 0.2) is 76.7 Å². The minimum Gasteiger partial charge on any atom is -0.422 e. The van der Waals surface area contributed by atoms with Crippen LogP contribution in [-0.4, -0.2) is 16.7 Å². The number of hydrogen-bond acceptors (Lipinski definition) is 5. The molecule has 4 rings (SSSR count). The molecule has 0 fully saturated rings. The number of fused-ring (bicyclic) bond motifs is 1. The fraction of sp³-hybridized carbons (Fsp3) is 0. The van der Waals surface area contributed by atoms with Crippen LogP contribution < -0.4 is 4.74 Å². The van der Waals surface area contributed by atoms with E-state index in [0.29, 0.717) is 21.8 Å². The van der Waals surface area contributed by atoms with Crippen molar-refractivity contribution in [2.45, 2.75) is 4.90 Å². The van der Waals surface area contributed by atoms with Crippen LogP contribution in [0.3, 0.4) is 0 Å². The van der Waals surface area contributed by atoms with Crippen LogP contribution in [0.4, 0.5) is 0 Å². The first kappa shape index (κ1) is 17.5. The van der Waals surface area contributed by atoms with E-state index >= 15 is 0 Å². The van der Waals surface area contributed by atoms with E-state index < -0.39 is 5.97 Å². The lowest BCUT2D eigenvalue weighted by Crippen LogP contribution is -2.10. The summed E-state index contributed by atoms with van der Waals surface area (Å²) in [4.78, 5) is 30.4. The van der Waals surface area contributed by atoms with Gasteiger partial charge in [0.15, 0.2) is 0 Å². The molecule has 1 aliphatic rings. The summed E-state index contributed by atoms with van der Waals surface area (Å²) in [6, 6.07) is 17.7. The number of nitrogens with zero attached hydrogens (tertiary/aromatic N) is 1. The van der Waals surface area contributed by atoms with E-state index in [9.17, 15) is 9.59 Å². The molecular formula is C21H12ClNO3S. The van der Waals surface area contributed by atoms with Gasteiger partial charge in [-0.2, -0.15) is 0 Å². The second-order valence-electron chi connectivity index (χ2n) is 5.71. The molecule has 0 saturated carbocycles. The number of Topliss-reactive ketones (excluding diaryl/α,β-unsaturated/α-hetero) is 1. The van der Waals surface area contributed by atoms with Gasteiger partial charge in [0.25, 0.3) is 0 Å². The predicted molar refractivity (Wildman–Crippen MR) is 105 cm³/mol. The first-order chi connectivity index (χ1) is 13.1. The Morgan fingerprint density at radius 2 is 1.81 bits per heavy atom. The van der Waals surface area contributed by atoms with Crippen LogP contribution in [0.1, 0.15) is 26.3 Å². The van der Waals surface area contributed by atoms with Crippen molar-refractivity contribution < 1.29 is 14.3 Å². The summed E-state index contributed by atoms with van der Waals surface area (Å²) in [6.45, 7) is 0. The minimum atomic E-state index is -0.604. The lowest BCUT2D eigenvalue weighted by molar-refractivity contribution is 0.0734. The summed E-state index contributed by atoms with van der Waals surface area (Å²) in [5.74, 6) is -0.293. The van der Waals surface area contributed by atoms with Gasteiger partial charge < -0.3 is 4.74 Å². The van der Waals surface area contributed by atoms with E-state index in [4.69, 9.17) is 16.3 Å². The Bertz CT molecular complexity index is 1090. The summed E-state index contributed by atoms with van der Waals surface area (Å²) in [6.07, 6.45) is 3.23. The van der Waals surface area contributed by atoms with Crippen molar-refractivity contribution >= 4 is 41.2 Å². The molecule has 132 valence electrons. The number of benzene rings is 2. The standard InChI is InChI=1S/C21H12ClNO3S/c22-20-15(8-5-11-23-20)21(25)26-16-9-3-1-6-13(16)12-18-19(24)14-7-2-4-10-17(14)27-18/h1-12H/b18-12+. The zero-order chi connectivity index (χ0) is 18.8. The number of allylic oxidation sites excluding steroid dienone is 1. The van der Waals surface area contributed by atoms with Gasteiger partial charge in [-0.25, -0.2) is 9.78 Å². The molecule has 0 spiro atoms. The highest BCUT2D eigenvalue weighted by Gasteiger charge is 2.25. The number of rotatable bonds is 3.